The Kier molecular flexibility index (Phi) is 6.45. The van der Waals surface area contributed by atoms with Crippen LogP contribution in [0.1, 0.15) is 40.0 Å². The molecule has 0 aromatic carbocycles. The fourth-order valence-corrected chi connectivity index (χ4v) is 3.49. The molecule has 1 aliphatic rings. The van der Waals surface area contributed by atoms with Gasteiger partial charge in [0.2, 0.25) is 5.91 Å². The largest absolute Gasteiger partial charge is 0.402 e. The zero-order valence-corrected chi connectivity index (χ0v) is 14.4. The molecule has 10 heteroatoms. The van der Waals surface area contributed by atoms with Gasteiger partial charge in [-0.3, -0.25) is 4.79 Å². The lowest BCUT2D eigenvalue weighted by Crippen LogP contribution is -2.51. The summed E-state index contributed by atoms with van der Waals surface area (Å²) in [6, 6.07) is -0.154. The van der Waals surface area contributed by atoms with Crippen LogP contribution in [0.15, 0.2) is 0 Å². The molecule has 1 aliphatic heterocycles. The van der Waals surface area contributed by atoms with Crippen LogP contribution in [0.25, 0.3) is 0 Å². The summed E-state index contributed by atoms with van der Waals surface area (Å²) in [6.45, 7) is 4.38. The highest BCUT2D eigenvalue weighted by molar-refractivity contribution is 7.87. The van der Waals surface area contributed by atoms with E-state index in [0.29, 0.717) is 19.3 Å². The van der Waals surface area contributed by atoms with Crippen molar-refractivity contribution in [3.63, 3.8) is 0 Å². The maximum absolute atomic E-state index is 12.1. The lowest BCUT2D eigenvalue weighted by atomic mass is 9.91. The van der Waals surface area contributed by atoms with Crippen LogP contribution in [0.5, 0.6) is 0 Å². The minimum absolute atomic E-state index is 0.0770. The molecule has 1 fully saturated rings. The molecule has 0 radical (unpaired) electrons. The zero-order chi connectivity index (χ0) is 17.9. The van der Waals surface area contributed by atoms with Crippen molar-refractivity contribution in [2.45, 2.75) is 52.3 Å². The Morgan fingerprint density at radius 2 is 1.70 bits per heavy atom. The third kappa shape index (κ3) is 7.98. The number of rotatable bonds is 5. The van der Waals surface area contributed by atoms with Crippen LogP contribution in [0.3, 0.4) is 0 Å². The van der Waals surface area contributed by atoms with Gasteiger partial charge in [-0.15, -0.1) is 0 Å². The normalized spacial score (nSPS) is 18.9. The van der Waals surface area contributed by atoms with E-state index in [0.717, 1.165) is 4.31 Å². The zero-order valence-electron chi connectivity index (χ0n) is 13.5. The lowest BCUT2D eigenvalue weighted by molar-refractivity contribution is -0.124. The van der Waals surface area contributed by atoms with Gasteiger partial charge in [-0.1, -0.05) is 20.8 Å². The molecule has 2 N–H and O–H groups in total. The first-order valence-electron chi connectivity index (χ1n) is 7.39. The summed E-state index contributed by atoms with van der Waals surface area (Å²) in [7, 11) is -4.15. The number of carbonyl (C=O) groups is 1. The van der Waals surface area contributed by atoms with Crippen molar-refractivity contribution in [1.82, 2.24) is 14.3 Å². The molecular formula is C13H24F3N3O3S. The molecule has 0 bridgehead atoms. The summed E-state index contributed by atoms with van der Waals surface area (Å²) in [5.74, 6) is -0.103. The number of nitrogens with zero attached hydrogens (tertiary/aromatic N) is 1. The van der Waals surface area contributed by atoms with E-state index in [1.54, 1.807) is 4.72 Å². The smallest absolute Gasteiger partial charge is 0.353 e. The standard InChI is InChI=1S/C13H24F3N3O3S/c1-12(2,3)8-11(20)18-10-4-6-19(7-5-10)23(21,22)17-9-13(14,15)16/h10,17H,4-9H2,1-3H3,(H,18,20). The van der Waals surface area contributed by atoms with E-state index in [1.165, 1.54) is 0 Å². The van der Waals surface area contributed by atoms with Crippen molar-refractivity contribution in [3.8, 4) is 0 Å². The van der Waals surface area contributed by atoms with Gasteiger partial charge in [-0.25, -0.2) is 0 Å². The Balaban J connectivity index is 2.44. The molecule has 0 aromatic rings. The van der Waals surface area contributed by atoms with Gasteiger partial charge in [0.05, 0.1) is 0 Å². The molecule has 23 heavy (non-hydrogen) atoms. The summed E-state index contributed by atoms with van der Waals surface area (Å²) in [5, 5.41) is 2.84. The molecule has 0 aromatic heterocycles. The monoisotopic (exact) mass is 359 g/mol. The Labute approximate surface area is 135 Å². The first-order valence-corrected chi connectivity index (χ1v) is 8.83. The number of hydrogen-bond acceptors (Lipinski definition) is 3. The average Bonchev–Trinajstić information content (AvgIpc) is 2.34. The lowest BCUT2D eigenvalue weighted by Gasteiger charge is -2.32. The summed E-state index contributed by atoms with van der Waals surface area (Å²) in [6.07, 6.45) is -3.48. The fourth-order valence-electron chi connectivity index (χ4n) is 2.27. The van der Waals surface area contributed by atoms with Gasteiger partial charge in [-0.05, 0) is 18.3 Å². The van der Waals surface area contributed by atoms with E-state index >= 15 is 0 Å². The van der Waals surface area contributed by atoms with Gasteiger partial charge in [0.1, 0.15) is 6.54 Å². The predicted molar refractivity (Wildman–Crippen MR) is 79.8 cm³/mol. The molecule has 0 spiro atoms. The van der Waals surface area contributed by atoms with Crippen molar-refractivity contribution in [2.24, 2.45) is 5.41 Å². The summed E-state index contributed by atoms with van der Waals surface area (Å²) in [5.41, 5.74) is -0.143. The molecule has 0 atom stereocenters. The highest BCUT2D eigenvalue weighted by Gasteiger charge is 2.33. The first-order chi connectivity index (χ1) is 10.3. The van der Waals surface area contributed by atoms with Gasteiger partial charge in [0, 0.05) is 25.6 Å². The topological polar surface area (TPSA) is 78.5 Å². The van der Waals surface area contributed by atoms with Gasteiger partial charge in [-0.2, -0.15) is 30.6 Å². The molecule has 1 amide bonds. The Morgan fingerprint density at radius 3 is 2.13 bits per heavy atom. The number of halogens is 3. The van der Waals surface area contributed by atoms with Crippen LogP contribution in [-0.4, -0.2) is 50.5 Å². The minimum Gasteiger partial charge on any atom is -0.353 e. The molecule has 1 saturated heterocycles. The highest BCUT2D eigenvalue weighted by Crippen LogP contribution is 2.20. The SMILES string of the molecule is CC(C)(C)CC(=O)NC1CCN(S(=O)(=O)NCC(F)(F)F)CC1. The van der Waals surface area contributed by atoms with Crippen molar-refractivity contribution >= 4 is 16.1 Å². The molecule has 0 saturated carbocycles. The van der Waals surface area contributed by atoms with E-state index in [9.17, 15) is 26.4 Å². The molecule has 0 unspecified atom stereocenters. The number of carbonyl (C=O) groups excluding carboxylic acids is 1. The Hall–Kier alpha value is -0.870. The van der Waals surface area contributed by atoms with E-state index < -0.39 is 22.9 Å². The van der Waals surface area contributed by atoms with Crippen molar-refractivity contribution in [2.75, 3.05) is 19.6 Å². The minimum atomic E-state index is -4.59. The van der Waals surface area contributed by atoms with E-state index in [2.05, 4.69) is 5.32 Å². The number of piperidine rings is 1. The second-order valence-electron chi connectivity index (χ2n) is 6.92. The van der Waals surface area contributed by atoms with Gasteiger partial charge < -0.3 is 5.32 Å². The summed E-state index contributed by atoms with van der Waals surface area (Å²) < 4.78 is 62.4. The van der Waals surface area contributed by atoms with Gasteiger partial charge >= 0.3 is 6.18 Å². The average molecular weight is 359 g/mol. The Bertz CT molecular complexity index is 507. The van der Waals surface area contributed by atoms with Gasteiger partial charge in [0.15, 0.2) is 0 Å². The summed E-state index contributed by atoms with van der Waals surface area (Å²) in [4.78, 5) is 11.8. The second-order valence-corrected chi connectivity index (χ2v) is 8.67. The van der Waals surface area contributed by atoms with Gasteiger partial charge in [0.25, 0.3) is 10.2 Å². The van der Waals surface area contributed by atoms with Crippen LogP contribution in [0.2, 0.25) is 0 Å². The van der Waals surface area contributed by atoms with Crippen LogP contribution >= 0.6 is 0 Å². The molecule has 1 heterocycles. The highest BCUT2D eigenvalue weighted by atomic mass is 32.2. The summed E-state index contributed by atoms with van der Waals surface area (Å²) >= 11 is 0. The Morgan fingerprint density at radius 1 is 1.17 bits per heavy atom. The maximum atomic E-state index is 12.1. The third-order valence-electron chi connectivity index (χ3n) is 3.30. The number of hydrogen-bond donors (Lipinski definition) is 2. The predicted octanol–water partition coefficient (Wildman–Crippen LogP) is 1.40. The van der Waals surface area contributed by atoms with Crippen molar-refractivity contribution in [1.29, 1.82) is 0 Å². The molecule has 6 nitrogen and oxygen atoms in total. The molecular weight excluding hydrogens is 335 g/mol. The maximum Gasteiger partial charge on any atom is 0.402 e. The van der Waals surface area contributed by atoms with Crippen molar-refractivity contribution < 1.29 is 26.4 Å². The molecule has 0 aliphatic carbocycles. The first kappa shape index (κ1) is 20.2. The van der Waals surface area contributed by atoms with Crippen molar-refractivity contribution in [3.05, 3.63) is 0 Å². The van der Waals surface area contributed by atoms with E-state index in [-0.39, 0.29) is 30.5 Å². The number of alkyl halides is 3. The molecule has 136 valence electrons. The third-order valence-corrected chi connectivity index (χ3v) is 4.86. The van der Waals surface area contributed by atoms with Crippen LogP contribution in [-0.2, 0) is 15.0 Å². The molecule has 1 rings (SSSR count). The van der Waals surface area contributed by atoms with E-state index in [1.807, 2.05) is 20.8 Å². The quantitative estimate of drug-likeness (QED) is 0.779. The second kappa shape index (κ2) is 7.35. The number of amides is 1. The van der Waals surface area contributed by atoms with Crippen LogP contribution in [0, 0.1) is 5.41 Å². The van der Waals surface area contributed by atoms with Crippen LogP contribution < -0.4 is 10.0 Å². The van der Waals surface area contributed by atoms with E-state index in [4.69, 9.17) is 0 Å². The van der Waals surface area contributed by atoms with Crippen LogP contribution in [0.4, 0.5) is 13.2 Å². The fraction of sp³-hybridized carbons (Fsp3) is 0.923. The number of nitrogens with one attached hydrogen (secondary N) is 2.